The summed E-state index contributed by atoms with van der Waals surface area (Å²) in [7, 11) is 0. The van der Waals surface area contributed by atoms with E-state index in [-0.39, 0.29) is 11.5 Å². The summed E-state index contributed by atoms with van der Waals surface area (Å²) in [4.78, 5) is 35.9. The van der Waals surface area contributed by atoms with Gasteiger partial charge in [-0.2, -0.15) is 0 Å². The molecule has 1 aliphatic carbocycles. The van der Waals surface area contributed by atoms with Crippen molar-refractivity contribution in [1.82, 2.24) is 5.32 Å². The highest BCUT2D eigenvalue weighted by atomic mass is 16.5. The summed E-state index contributed by atoms with van der Waals surface area (Å²) in [6, 6.07) is 2.62. The van der Waals surface area contributed by atoms with Crippen LogP contribution in [0, 0.1) is 12.8 Å². The number of rotatable bonds is 6. The molecule has 1 aromatic heterocycles. The minimum absolute atomic E-state index is 0.257. The number of hydrogen-bond donors (Lipinski definition) is 2. The van der Waals surface area contributed by atoms with Gasteiger partial charge in [0.15, 0.2) is 6.10 Å². The van der Waals surface area contributed by atoms with Gasteiger partial charge in [-0.05, 0) is 56.7 Å². The Morgan fingerprint density at radius 3 is 2.50 bits per heavy atom. The molecule has 0 radical (unpaired) electrons. The zero-order valence-corrected chi connectivity index (χ0v) is 16.5. The normalized spacial score (nSPS) is 15.3. The number of carbonyl (C=O) groups excluding carboxylic acids is 1. The van der Waals surface area contributed by atoms with Gasteiger partial charge in [0.1, 0.15) is 17.4 Å². The van der Waals surface area contributed by atoms with Gasteiger partial charge in [-0.15, -0.1) is 0 Å². The summed E-state index contributed by atoms with van der Waals surface area (Å²) < 4.78 is 11.3. The lowest BCUT2D eigenvalue weighted by Crippen LogP contribution is -2.48. The number of benzene rings is 1. The molecule has 1 heterocycles. The van der Waals surface area contributed by atoms with Crippen molar-refractivity contribution in [1.29, 1.82) is 0 Å². The maximum atomic E-state index is 12.4. The number of carboxylic acid groups (broad SMARTS) is 1. The molecule has 2 aromatic rings. The summed E-state index contributed by atoms with van der Waals surface area (Å²) in [5.41, 5.74) is 2.59. The quantitative estimate of drug-likeness (QED) is 0.738. The van der Waals surface area contributed by atoms with Crippen LogP contribution in [0.15, 0.2) is 21.3 Å². The van der Waals surface area contributed by atoms with Crippen LogP contribution in [0.1, 0.15) is 43.9 Å². The van der Waals surface area contributed by atoms with E-state index in [1.54, 1.807) is 33.8 Å². The Morgan fingerprint density at radius 1 is 1.18 bits per heavy atom. The van der Waals surface area contributed by atoms with Crippen LogP contribution in [0.2, 0.25) is 0 Å². The van der Waals surface area contributed by atoms with E-state index in [4.69, 9.17) is 9.15 Å². The second-order valence-corrected chi connectivity index (χ2v) is 7.59. The first kappa shape index (κ1) is 19.9. The lowest BCUT2D eigenvalue weighted by atomic mass is 10.0. The van der Waals surface area contributed by atoms with Crippen molar-refractivity contribution < 1.29 is 23.8 Å². The van der Waals surface area contributed by atoms with Crippen molar-refractivity contribution in [2.45, 2.75) is 59.1 Å². The Balaban J connectivity index is 1.85. The SMILES string of the molecule is Cc1c(O[C@H](C)C(=O)N[C@H](C(=O)O)C(C)C)ccc2c3c(c(=O)oc12)CCC3. The number of hydrogen-bond acceptors (Lipinski definition) is 5. The number of aryl methyl sites for hydroxylation is 2. The Kier molecular flexibility index (Phi) is 5.45. The number of aliphatic carboxylic acids is 1. The second kappa shape index (κ2) is 7.66. The summed E-state index contributed by atoms with van der Waals surface area (Å²) in [6.45, 7) is 6.77. The van der Waals surface area contributed by atoms with Crippen molar-refractivity contribution >= 4 is 22.8 Å². The van der Waals surface area contributed by atoms with E-state index in [1.165, 1.54) is 0 Å². The van der Waals surface area contributed by atoms with Crippen LogP contribution in [0.3, 0.4) is 0 Å². The molecule has 7 nitrogen and oxygen atoms in total. The number of carboxylic acids is 1. The van der Waals surface area contributed by atoms with Gasteiger partial charge in [0.05, 0.1) is 0 Å². The van der Waals surface area contributed by atoms with E-state index < -0.39 is 24.0 Å². The molecule has 0 spiro atoms. The van der Waals surface area contributed by atoms with E-state index in [9.17, 15) is 19.5 Å². The maximum Gasteiger partial charge on any atom is 0.339 e. The lowest BCUT2D eigenvalue weighted by molar-refractivity contribution is -0.144. The van der Waals surface area contributed by atoms with Gasteiger partial charge in [-0.3, -0.25) is 4.79 Å². The Morgan fingerprint density at radius 2 is 1.86 bits per heavy atom. The summed E-state index contributed by atoms with van der Waals surface area (Å²) >= 11 is 0. The number of ether oxygens (including phenoxy) is 1. The number of amides is 1. The minimum atomic E-state index is -1.09. The van der Waals surface area contributed by atoms with Gasteiger partial charge < -0.3 is 19.6 Å². The third kappa shape index (κ3) is 3.61. The lowest BCUT2D eigenvalue weighted by Gasteiger charge is -2.22. The first-order valence-electron chi connectivity index (χ1n) is 9.48. The predicted molar refractivity (Wildman–Crippen MR) is 104 cm³/mol. The van der Waals surface area contributed by atoms with E-state index in [0.717, 1.165) is 35.8 Å². The monoisotopic (exact) mass is 387 g/mol. The van der Waals surface area contributed by atoms with E-state index in [2.05, 4.69) is 5.32 Å². The molecule has 3 rings (SSSR count). The zero-order valence-electron chi connectivity index (χ0n) is 16.5. The summed E-state index contributed by atoms with van der Waals surface area (Å²) in [5, 5.41) is 12.6. The van der Waals surface area contributed by atoms with E-state index >= 15 is 0 Å². The number of carbonyl (C=O) groups is 2. The third-order valence-electron chi connectivity index (χ3n) is 5.24. The van der Waals surface area contributed by atoms with Crippen LogP contribution in [-0.2, 0) is 22.4 Å². The van der Waals surface area contributed by atoms with E-state index in [1.807, 2.05) is 6.07 Å². The fraction of sp³-hybridized carbons (Fsp3) is 0.476. The van der Waals surface area contributed by atoms with E-state index in [0.29, 0.717) is 16.9 Å². The molecule has 0 saturated carbocycles. The van der Waals surface area contributed by atoms with Crippen LogP contribution in [-0.4, -0.2) is 29.1 Å². The first-order valence-corrected chi connectivity index (χ1v) is 9.48. The molecule has 0 saturated heterocycles. The molecule has 7 heteroatoms. The summed E-state index contributed by atoms with van der Waals surface area (Å²) in [5.74, 6) is -1.44. The van der Waals surface area contributed by atoms with Crippen molar-refractivity contribution in [3.05, 3.63) is 39.2 Å². The molecule has 1 amide bonds. The van der Waals surface area contributed by atoms with Crippen molar-refractivity contribution in [2.75, 3.05) is 0 Å². The standard InChI is InChI=1S/C21H25NO6/c1-10(2)17(20(24)25)22-19(23)12(4)27-16-9-8-14-13-6-5-7-15(13)21(26)28-18(14)11(16)3/h8-10,12,17H,5-7H2,1-4H3,(H,22,23)(H,24,25)/t12-,17+/m1/s1. The molecule has 0 fully saturated rings. The zero-order chi connectivity index (χ0) is 20.6. The average Bonchev–Trinajstić information content (AvgIpc) is 3.12. The van der Waals surface area contributed by atoms with Gasteiger partial charge in [-0.25, -0.2) is 9.59 Å². The van der Waals surface area contributed by atoms with Gasteiger partial charge >= 0.3 is 11.6 Å². The maximum absolute atomic E-state index is 12.4. The molecule has 0 bridgehead atoms. The topological polar surface area (TPSA) is 106 Å². The van der Waals surface area contributed by atoms with Crippen LogP contribution in [0.4, 0.5) is 0 Å². The van der Waals surface area contributed by atoms with Crippen molar-refractivity contribution in [2.24, 2.45) is 5.92 Å². The first-order chi connectivity index (χ1) is 13.2. The predicted octanol–water partition coefficient (Wildman–Crippen LogP) is 2.58. The fourth-order valence-corrected chi connectivity index (χ4v) is 3.62. The van der Waals surface area contributed by atoms with Crippen LogP contribution in [0.25, 0.3) is 11.0 Å². The van der Waals surface area contributed by atoms with Gasteiger partial charge in [0, 0.05) is 16.5 Å². The van der Waals surface area contributed by atoms with Gasteiger partial charge in [0.2, 0.25) is 0 Å². The van der Waals surface area contributed by atoms with Crippen LogP contribution < -0.4 is 15.7 Å². The van der Waals surface area contributed by atoms with Crippen molar-refractivity contribution in [3.63, 3.8) is 0 Å². The second-order valence-electron chi connectivity index (χ2n) is 7.59. The highest BCUT2D eigenvalue weighted by Crippen LogP contribution is 2.33. The Hall–Kier alpha value is -2.83. The highest BCUT2D eigenvalue weighted by molar-refractivity contribution is 5.88. The molecular weight excluding hydrogens is 362 g/mol. The van der Waals surface area contributed by atoms with Gasteiger partial charge in [-0.1, -0.05) is 13.8 Å². The highest BCUT2D eigenvalue weighted by Gasteiger charge is 2.27. The van der Waals surface area contributed by atoms with Crippen molar-refractivity contribution in [3.8, 4) is 5.75 Å². The molecule has 0 aliphatic heterocycles. The third-order valence-corrected chi connectivity index (χ3v) is 5.24. The largest absolute Gasteiger partial charge is 0.480 e. The smallest absolute Gasteiger partial charge is 0.339 e. The molecular formula is C21H25NO6. The van der Waals surface area contributed by atoms with Gasteiger partial charge in [0.25, 0.3) is 5.91 Å². The molecule has 2 atom stereocenters. The molecule has 2 N–H and O–H groups in total. The van der Waals surface area contributed by atoms with Crippen LogP contribution in [0.5, 0.6) is 5.75 Å². The Labute approximate surface area is 162 Å². The van der Waals surface area contributed by atoms with Crippen LogP contribution >= 0.6 is 0 Å². The Bertz CT molecular complexity index is 991. The number of fused-ring (bicyclic) bond motifs is 3. The number of nitrogens with one attached hydrogen (secondary N) is 1. The average molecular weight is 387 g/mol. The molecule has 1 aromatic carbocycles. The fourth-order valence-electron chi connectivity index (χ4n) is 3.62. The molecule has 0 unspecified atom stereocenters. The molecule has 28 heavy (non-hydrogen) atoms. The molecule has 150 valence electrons. The molecule has 1 aliphatic rings. The summed E-state index contributed by atoms with van der Waals surface area (Å²) in [6.07, 6.45) is 1.62. The minimum Gasteiger partial charge on any atom is -0.480 e.